The number of hydrogen-bond donors (Lipinski definition) is 1. The number of aryl methyl sites for hydroxylation is 1. The second-order valence-corrected chi connectivity index (χ2v) is 2.90. The molecule has 6 heteroatoms. The van der Waals surface area contributed by atoms with Gasteiger partial charge < -0.3 is 5.11 Å². The lowest BCUT2D eigenvalue weighted by molar-refractivity contribution is 0.471. The van der Waals surface area contributed by atoms with Crippen LogP contribution in [0, 0.1) is 12.7 Å². The van der Waals surface area contributed by atoms with Crippen LogP contribution in [0.2, 0.25) is 0 Å². The van der Waals surface area contributed by atoms with Crippen molar-refractivity contribution >= 4 is 0 Å². The van der Waals surface area contributed by atoms with E-state index in [-0.39, 0.29) is 17.1 Å². The molecule has 76 valence electrons. The fourth-order valence-electron chi connectivity index (χ4n) is 1.11. The van der Waals surface area contributed by atoms with Gasteiger partial charge in [0.1, 0.15) is 17.1 Å². The molecule has 0 bridgehead atoms. The van der Waals surface area contributed by atoms with Gasteiger partial charge in [-0.1, -0.05) is 6.07 Å². The summed E-state index contributed by atoms with van der Waals surface area (Å²) in [6, 6.07) is 3.95. The van der Waals surface area contributed by atoms with Gasteiger partial charge in [0.15, 0.2) is 5.82 Å². The second-order valence-electron chi connectivity index (χ2n) is 2.90. The normalized spacial score (nSPS) is 10.3. The van der Waals surface area contributed by atoms with Gasteiger partial charge in [-0.2, -0.15) is 0 Å². The predicted octanol–water partition coefficient (Wildman–Crippen LogP) is 1.09. The highest BCUT2D eigenvalue weighted by molar-refractivity contribution is 5.63. The summed E-state index contributed by atoms with van der Waals surface area (Å²) in [6.07, 6.45) is 0. The molecule has 5 nitrogen and oxygen atoms in total. The van der Waals surface area contributed by atoms with Gasteiger partial charge in [0.25, 0.3) is 0 Å². The van der Waals surface area contributed by atoms with Crippen molar-refractivity contribution in [2.24, 2.45) is 0 Å². The highest BCUT2D eigenvalue weighted by Gasteiger charge is 2.13. The maximum absolute atomic E-state index is 13.3. The summed E-state index contributed by atoms with van der Waals surface area (Å²) < 4.78 is 13.3. The first-order valence-corrected chi connectivity index (χ1v) is 4.20. The van der Waals surface area contributed by atoms with E-state index in [1.54, 1.807) is 6.92 Å². The molecule has 0 aliphatic heterocycles. The molecule has 1 N–H and O–H groups in total. The Morgan fingerprint density at radius 3 is 2.40 bits per heavy atom. The van der Waals surface area contributed by atoms with Crippen LogP contribution in [0.5, 0.6) is 5.75 Å². The molecule has 1 aromatic heterocycles. The minimum Gasteiger partial charge on any atom is -0.507 e. The average molecular weight is 206 g/mol. The standard InChI is InChI=1S/C9H7FN4O/c1-5-11-13-9(14-12-5)8-6(10)3-2-4-7(8)15/h2-4,15H,1H3. The first-order valence-electron chi connectivity index (χ1n) is 4.20. The SMILES string of the molecule is Cc1nnc(-c2c(O)cccc2F)nn1. The van der Waals surface area contributed by atoms with Crippen molar-refractivity contribution in [1.29, 1.82) is 0 Å². The number of halogens is 1. The Hall–Kier alpha value is -2.11. The minimum absolute atomic E-state index is 0.0313. The quantitative estimate of drug-likeness (QED) is 0.756. The number of rotatable bonds is 1. The van der Waals surface area contributed by atoms with Gasteiger partial charge in [-0.3, -0.25) is 0 Å². The molecule has 2 aromatic rings. The van der Waals surface area contributed by atoms with Crippen LogP contribution >= 0.6 is 0 Å². The van der Waals surface area contributed by atoms with E-state index in [4.69, 9.17) is 0 Å². The van der Waals surface area contributed by atoms with E-state index in [1.807, 2.05) is 0 Å². The van der Waals surface area contributed by atoms with E-state index < -0.39 is 5.82 Å². The molecule has 0 atom stereocenters. The molecule has 2 rings (SSSR count). The van der Waals surface area contributed by atoms with Crippen LogP contribution in [0.4, 0.5) is 4.39 Å². The molecule has 0 aliphatic rings. The molecule has 0 unspecified atom stereocenters. The van der Waals surface area contributed by atoms with Crippen molar-refractivity contribution < 1.29 is 9.50 Å². The maximum Gasteiger partial charge on any atom is 0.210 e. The van der Waals surface area contributed by atoms with E-state index in [0.29, 0.717) is 5.82 Å². The highest BCUT2D eigenvalue weighted by Crippen LogP contribution is 2.27. The molecular formula is C9H7FN4O. The largest absolute Gasteiger partial charge is 0.507 e. The Bertz CT molecular complexity index is 466. The number of phenols is 1. The van der Waals surface area contributed by atoms with Crippen molar-refractivity contribution in [1.82, 2.24) is 20.4 Å². The number of hydrogen-bond acceptors (Lipinski definition) is 5. The smallest absolute Gasteiger partial charge is 0.210 e. The first-order chi connectivity index (χ1) is 7.18. The van der Waals surface area contributed by atoms with Gasteiger partial charge in [0, 0.05) is 0 Å². The Labute approximate surface area is 84.6 Å². The number of benzene rings is 1. The van der Waals surface area contributed by atoms with Gasteiger partial charge >= 0.3 is 0 Å². The number of nitrogens with zero attached hydrogens (tertiary/aromatic N) is 4. The zero-order valence-electron chi connectivity index (χ0n) is 7.85. The topological polar surface area (TPSA) is 71.8 Å². The highest BCUT2D eigenvalue weighted by atomic mass is 19.1. The fraction of sp³-hybridized carbons (Fsp3) is 0.111. The lowest BCUT2D eigenvalue weighted by Crippen LogP contribution is -2.00. The molecule has 0 saturated carbocycles. The summed E-state index contributed by atoms with van der Waals surface area (Å²) in [6.45, 7) is 1.62. The van der Waals surface area contributed by atoms with Crippen LogP contribution in [0.1, 0.15) is 5.82 Å². The third-order valence-corrected chi connectivity index (χ3v) is 1.79. The molecule has 0 spiro atoms. The monoisotopic (exact) mass is 206 g/mol. The summed E-state index contributed by atoms with van der Waals surface area (Å²) in [4.78, 5) is 0. The van der Waals surface area contributed by atoms with E-state index in [0.717, 1.165) is 0 Å². The molecular weight excluding hydrogens is 199 g/mol. The first kappa shape index (κ1) is 9.45. The zero-order valence-corrected chi connectivity index (χ0v) is 7.85. The third kappa shape index (κ3) is 1.74. The number of aromatic hydroxyl groups is 1. The Morgan fingerprint density at radius 1 is 1.13 bits per heavy atom. The molecule has 1 aromatic carbocycles. The summed E-state index contributed by atoms with van der Waals surface area (Å²) in [5, 5.41) is 24.0. The summed E-state index contributed by atoms with van der Waals surface area (Å²) in [7, 11) is 0. The van der Waals surface area contributed by atoms with Crippen molar-refractivity contribution in [3.05, 3.63) is 29.8 Å². The average Bonchev–Trinajstić information content (AvgIpc) is 2.20. The van der Waals surface area contributed by atoms with Gasteiger partial charge in [-0.05, 0) is 19.1 Å². The fourth-order valence-corrected chi connectivity index (χ4v) is 1.11. The van der Waals surface area contributed by atoms with Crippen molar-refractivity contribution in [2.45, 2.75) is 6.92 Å². The summed E-state index contributed by atoms with van der Waals surface area (Å²) in [5.74, 6) is -0.490. The second kappa shape index (κ2) is 3.56. The molecule has 0 aliphatic carbocycles. The Balaban J connectivity index is 2.58. The van der Waals surface area contributed by atoms with Crippen LogP contribution in [0.3, 0.4) is 0 Å². The van der Waals surface area contributed by atoms with Crippen molar-refractivity contribution in [3.63, 3.8) is 0 Å². The van der Waals surface area contributed by atoms with Crippen molar-refractivity contribution in [2.75, 3.05) is 0 Å². The molecule has 15 heavy (non-hydrogen) atoms. The van der Waals surface area contributed by atoms with Crippen LogP contribution in [-0.4, -0.2) is 25.5 Å². The van der Waals surface area contributed by atoms with Crippen LogP contribution in [0.15, 0.2) is 18.2 Å². The van der Waals surface area contributed by atoms with Crippen molar-refractivity contribution in [3.8, 4) is 17.1 Å². The lowest BCUT2D eigenvalue weighted by Gasteiger charge is -2.02. The number of aromatic nitrogens is 4. The van der Waals surface area contributed by atoms with Crippen LogP contribution < -0.4 is 0 Å². The molecule has 0 amide bonds. The van der Waals surface area contributed by atoms with Gasteiger partial charge in [-0.25, -0.2) is 4.39 Å². The molecule has 0 radical (unpaired) electrons. The van der Waals surface area contributed by atoms with E-state index in [2.05, 4.69) is 20.4 Å². The third-order valence-electron chi connectivity index (χ3n) is 1.79. The van der Waals surface area contributed by atoms with Crippen LogP contribution in [0.25, 0.3) is 11.4 Å². The summed E-state index contributed by atoms with van der Waals surface area (Å²) in [5.41, 5.74) is -0.0856. The predicted molar refractivity (Wildman–Crippen MR) is 49.4 cm³/mol. The van der Waals surface area contributed by atoms with Crippen LogP contribution in [-0.2, 0) is 0 Å². The molecule has 0 fully saturated rings. The maximum atomic E-state index is 13.3. The van der Waals surface area contributed by atoms with E-state index in [9.17, 15) is 9.50 Å². The minimum atomic E-state index is -0.609. The van der Waals surface area contributed by atoms with Gasteiger partial charge in [0.05, 0.1) is 0 Å². The van der Waals surface area contributed by atoms with E-state index in [1.165, 1.54) is 18.2 Å². The van der Waals surface area contributed by atoms with Gasteiger partial charge in [-0.15, -0.1) is 20.4 Å². The zero-order chi connectivity index (χ0) is 10.8. The summed E-state index contributed by atoms with van der Waals surface area (Å²) >= 11 is 0. The van der Waals surface area contributed by atoms with E-state index >= 15 is 0 Å². The molecule has 1 heterocycles. The molecule has 0 saturated heterocycles. The lowest BCUT2D eigenvalue weighted by atomic mass is 10.2. The Kier molecular flexibility index (Phi) is 2.24. The number of phenolic OH excluding ortho intramolecular Hbond substituents is 1. The Morgan fingerprint density at radius 2 is 1.80 bits per heavy atom. The van der Waals surface area contributed by atoms with Gasteiger partial charge in [0.2, 0.25) is 5.82 Å².